The third-order valence-corrected chi connectivity index (χ3v) is 24.1. The van der Waals surface area contributed by atoms with Gasteiger partial charge in [-0.15, -0.1) is 0 Å². The third kappa shape index (κ3) is 61.0. The van der Waals surface area contributed by atoms with E-state index in [0.29, 0.717) is 141 Å². The highest BCUT2D eigenvalue weighted by atomic mass is 16.6. The number of carbonyl (C=O) groups excluding carboxylic acids is 14. The molecule has 2 heterocycles. The maximum Gasteiger partial charge on any atom is 0.373 e. The molecule has 6 amide bonds. The molecule has 0 aliphatic carbocycles. The number of aliphatic carboxylic acids is 7. The zero-order valence-corrected chi connectivity index (χ0v) is 87.6. The second-order valence-corrected chi connectivity index (χ2v) is 39.6. The van der Waals surface area contributed by atoms with Gasteiger partial charge in [-0.3, -0.25) is 121 Å². The average molecular weight is 2100 g/mol. The Kier molecular flexibility index (Phi) is 60.7. The van der Waals surface area contributed by atoms with Gasteiger partial charge in [0.2, 0.25) is 23.6 Å². The summed E-state index contributed by atoms with van der Waals surface area (Å²) in [6.07, 6.45) is 5.24. The minimum Gasteiger partial charge on any atom is -0.481 e. The van der Waals surface area contributed by atoms with Gasteiger partial charge >= 0.3 is 65.9 Å². The van der Waals surface area contributed by atoms with E-state index >= 15 is 0 Å². The molecule has 13 N–H and O–H groups in total. The Hall–Kier alpha value is -13.3. The molecule has 0 aromatic heterocycles. The first-order valence-electron chi connectivity index (χ1n) is 50.8. The van der Waals surface area contributed by atoms with Gasteiger partial charge < -0.3 is 77.1 Å². The molecule has 0 radical (unpaired) electrons. The Morgan fingerprint density at radius 3 is 1.13 bits per heavy atom. The molecule has 2 saturated heterocycles. The zero-order chi connectivity index (χ0) is 111. The number of Topliss-reactive ketones (excluding diaryl/α,β-unsaturated/α-hetero) is 5. The van der Waals surface area contributed by atoms with E-state index in [9.17, 15) is 117 Å². The van der Waals surface area contributed by atoms with E-state index < -0.39 is 126 Å². The first-order valence-corrected chi connectivity index (χ1v) is 50.8. The molecule has 0 bridgehead atoms. The van der Waals surface area contributed by atoms with Gasteiger partial charge in [0, 0.05) is 192 Å². The van der Waals surface area contributed by atoms with E-state index in [2.05, 4.69) is 46.6 Å². The molecular formula is C106H154N14O30. The monoisotopic (exact) mass is 2100 g/mol. The number of benzene rings is 4. The number of rotatable bonds is 65. The van der Waals surface area contributed by atoms with Crippen LogP contribution in [0, 0.1) is 5.92 Å². The molecule has 2 aliphatic rings. The summed E-state index contributed by atoms with van der Waals surface area (Å²) in [6, 6.07) is 28.2. The smallest absolute Gasteiger partial charge is 0.373 e. The summed E-state index contributed by atoms with van der Waals surface area (Å²) in [5.74, 6) is -11.9. The predicted molar refractivity (Wildman–Crippen MR) is 550 cm³/mol. The number of ketones is 5. The van der Waals surface area contributed by atoms with Gasteiger partial charge in [-0.2, -0.15) is 9.59 Å². The van der Waals surface area contributed by atoms with Crippen molar-refractivity contribution in [3.63, 3.8) is 0 Å². The fourth-order valence-electron chi connectivity index (χ4n) is 16.9. The first-order chi connectivity index (χ1) is 71.0. The summed E-state index contributed by atoms with van der Waals surface area (Å²) in [5, 5.41) is 81.7. The number of hydrogen-bond donors (Lipinski definition) is 13. The first kappa shape index (κ1) is 129. The topological polar surface area (TPSA) is 617 Å². The number of unbranched alkanes of at least 4 members (excludes halogenated alkanes) is 5. The number of carbonyl (C=O) groups is 19. The van der Waals surface area contributed by atoms with Gasteiger partial charge in [-0.25, -0.2) is 9.59 Å². The lowest BCUT2D eigenvalue weighted by Gasteiger charge is -2.36. The fraction of sp³-hybridized carbons (Fsp3) is 0.585. The van der Waals surface area contributed by atoms with Crippen LogP contribution in [0.3, 0.4) is 0 Å². The van der Waals surface area contributed by atoms with Crippen LogP contribution < -0.4 is 31.9 Å². The number of nitrogens with one attached hydrogen (secondary N) is 6. The Balaban J connectivity index is 0.000000726. The van der Waals surface area contributed by atoms with E-state index in [0.717, 1.165) is 36.0 Å². The number of amides is 6. The molecule has 5 atom stereocenters. The maximum atomic E-state index is 14.2. The molecule has 0 saturated carbocycles. The molecule has 6 rings (SSSR count). The molecular weight excluding hydrogens is 1950 g/mol. The average Bonchev–Trinajstić information content (AvgIpc) is 1.04. The van der Waals surface area contributed by atoms with Crippen molar-refractivity contribution in [2.45, 2.75) is 238 Å². The lowest BCUT2D eigenvalue weighted by Crippen LogP contribution is -2.52. The van der Waals surface area contributed by atoms with Gasteiger partial charge in [0.15, 0.2) is 5.78 Å². The number of ether oxygens (including phenoxy) is 2. The van der Waals surface area contributed by atoms with E-state index in [4.69, 9.17) is 29.3 Å². The highest BCUT2D eigenvalue weighted by Gasteiger charge is 2.35. The number of esters is 2. The Bertz CT molecular complexity index is 4910. The minimum atomic E-state index is -1.29. The number of nitrogens with zero attached hydrogens (tertiary/aromatic N) is 8. The Morgan fingerprint density at radius 1 is 0.360 bits per heavy atom. The van der Waals surface area contributed by atoms with Crippen molar-refractivity contribution in [2.75, 3.05) is 168 Å². The zero-order valence-electron chi connectivity index (χ0n) is 87.6. The van der Waals surface area contributed by atoms with Crippen molar-refractivity contribution < 1.29 is 146 Å². The predicted octanol–water partition coefficient (Wildman–Crippen LogP) is 5.88. The van der Waals surface area contributed by atoms with Crippen LogP contribution in [0.15, 0.2) is 109 Å². The van der Waals surface area contributed by atoms with Crippen LogP contribution in [0.25, 0.3) is 0 Å². The van der Waals surface area contributed by atoms with Gasteiger partial charge in [0.25, 0.3) is 0 Å². The van der Waals surface area contributed by atoms with Gasteiger partial charge in [0.1, 0.15) is 40.4 Å². The molecule has 4 aromatic rings. The highest BCUT2D eigenvalue weighted by Crippen LogP contribution is 2.24. The summed E-state index contributed by atoms with van der Waals surface area (Å²) in [6.45, 7) is 18.8. The van der Waals surface area contributed by atoms with Crippen molar-refractivity contribution in [3.05, 3.63) is 131 Å². The van der Waals surface area contributed by atoms with Crippen molar-refractivity contribution in [3.8, 4) is 0 Å². The summed E-state index contributed by atoms with van der Waals surface area (Å²) >= 11 is 0. The van der Waals surface area contributed by atoms with Crippen LogP contribution in [0.5, 0.6) is 0 Å². The molecule has 828 valence electrons. The van der Waals surface area contributed by atoms with Crippen LogP contribution >= 0.6 is 0 Å². The van der Waals surface area contributed by atoms with Gasteiger partial charge in [-0.1, -0.05) is 111 Å². The van der Waals surface area contributed by atoms with E-state index in [1.807, 2.05) is 77.7 Å². The van der Waals surface area contributed by atoms with E-state index in [-0.39, 0.29) is 196 Å². The molecule has 4 aromatic carbocycles. The number of carboxylic acid groups (broad SMARTS) is 7. The number of anilines is 2. The third-order valence-electron chi connectivity index (χ3n) is 24.1. The Labute approximate surface area is 875 Å². The van der Waals surface area contributed by atoms with Crippen LogP contribution in [0.4, 0.5) is 16.2 Å². The van der Waals surface area contributed by atoms with Gasteiger partial charge in [0.05, 0.1) is 64.8 Å². The maximum absolute atomic E-state index is 14.2. The Morgan fingerprint density at radius 2 is 0.727 bits per heavy atom. The number of carboxylic acids is 7. The van der Waals surface area contributed by atoms with Crippen LogP contribution in [-0.4, -0.2) is 386 Å². The molecule has 150 heavy (non-hydrogen) atoms. The second kappa shape index (κ2) is 70.6. The van der Waals surface area contributed by atoms with E-state index in [1.54, 1.807) is 106 Å². The lowest BCUT2D eigenvalue weighted by atomic mass is 9.89. The van der Waals surface area contributed by atoms with Crippen molar-refractivity contribution in [1.82, 2.24) is 60.5 Å². The standard InChI is InChI=1S/C68H95N9O19.C37H59N5O9.CO2/c78-54(27-29-56(67(94)95)73-68(96)70-32-14-22-61(83)84)19-11-3-1-2-4-12-21-59(81)72-57(41-49-17-9-6-10-18-49)58(80)42-51(39-48-15-7-5-8-16-48)66(93)69-31-13-20-55(79)28-30-60(82)71-52-25-23-50(24-26-52)40-53(77(46-64(89)90)47-65(91)92)43-74-33-35-75(44-62(85)86)37-38-76(36-34-74)45-63(87)88;1-27(43)22-39-15-16-40(23-28(2)44)18-20-41(19-17-39)24-31(21-29-9-11-30(12-10-29)38-32(45)13-14-33(46)47)42(25-34(48)50-36(3,4)5)26-35(49)51-37(6,7)8;2-1-3/h5-10,15-18,23-26,51,53,56-57H,1-4,11-14,19-22,27-47H2,(H,69,93)(H,71,82)(H,72,81)(H,83,84)(H,85,86)(H,87,88)(H,89,90)(H,91,92)(H,94,95)(H2,70,73,96);9-12,31H,13-26H2,1-8H3,(H,38,45)(H,46,47);/t51-,53?,56?,57+;;/m1../s1. The highest BCUT2D eigenvalue weighted by molar-refractivity contribution is 5.95. The van der Waals surface area contributed by atoms with Crippen LogP contribution in [0.1, 0.15) is 200 Å². The molecule has 44 nitrogen and oxygen atoms in total. The lowest BCUT2D eigenvalue weighted by molar-refractivity contribution is -0.192. The molecule has 2 aliphatic heterocycles. The quantitative estimate of drug-likeness (QED) is 0.0181. The van der Waals surface area contributed by atoms with Crippen LogP contribution in [-0.2, 0) is 131 Å². The van der Waals surface area contributed by atoms with Crippen LogP contribution in [0.2, 0.25) is 0 Å². The summed E-state index contributed by atoms with van der Waals surface area (Å²) in [5.41, 5.74) is 2.63. The minimum absolute atomic E-state index is 0.0395. The summed E-state index contributed by atoms with van der Waals surface area (Å²) in [7, 11) is 0. The van der Waals surface area contributed by atoms with Crippen molar-refractivity contribution in [1.29, 1.82) is 0 Å². The largest absolute Gasteiger partial charge is 0.481 e. The van der Waals surface area contributed by atoms with Crippen molar-refractivity contribution in [2.24, 2.45) is 5.92 Å². The molecule has 0 spiro atoms. The number of urea groups is 1. The summed E-state index contributed by atoms with van der Waals surface area (Å²) < 4.78 is 11.4. The molecule has 2 fully saturated rings. The van der Waals surface area contributed by atoms with Gasteiger partial charge in [-0.05, 0) is 160 Å². The van der Waals surface area contributed by atoms with Crippen molar-refractivity contribution >= 4 is 130 Å². The molecule has 3 unspecified atom stereocenters. The van der Waals surface area contributed by atoms with E-state index in [1.165, 1.54) is 4.90 Å². The fourth-order valence-corrected chi connectivity index (χ4v) is 16.9. The molecule has 44 heteroatoms. The normalized spacial score (nSPS) is 14.6. The number of hydrogen-bond acceptors (Lipinski definition) is 31. The second-order valence-electron chi connectivity index (χ2n) is 39.6. The summed E-state index contributed by atoms with van der Waals surface area (Å²) in [4.78, 5) is 267. The SMILES string of the molecule is CC(=O)CN1CCN(CC(C)=O)CCN(CC(Cc2ccc(NC(=O)CCC(=O)O)cc2)N(CC(=O)OC(C)(C)C)CC(=O)OC(C)(C)C)CC1.O=C(O)CCCNC(=O)NC(CCC(=O)CCCCCCCCC(=O)N[C@@H](Cc1ccccc1)C(=O)C[C@@H](Cc1ccccc1)C(=O)NCCCC(=O)CCC(=O)Nc1ccc(CC(CN2CCN(CC(=O)O)CCN(CC(=O)O)CC2)N(CC(=O)O)CC(=O)O)cc1)C(=O)O.O=C=O.